The number of rotatable bonds is 20. The molecule has 3 atom stereocenters. The quantitative estimate of drug-likeness (QED) is 0.0786. The van der Waals surface area contributed by atoms with Crippen LogP contribution in [-0.4, -0.2) is 92.1 Å². The van der Waals surface area contributed by atoms with Crippen molar-refractivity contribution in [1.82, 2.24) is 26.2 Å². The number of likely N-dealkylation sites (N-methyl/N-ethyl adjacent to an activating group) is 2. The molecule has 1 aromatic carbocycles. The molecule has 0 saturated carbocycles. The van der Waals surface area contributed by atoms with E-state index in [2.05, 4.69) is 26.6 Å². The standard InChI is InChI=1S/C30H52N8O5S/c1-20(2)26(37-28(41)24(34-21(3)39)9-6-7-15-31)29(42)36-25(10-8-16-32)27(40)35-23-13-11-22(12-14-23)19-43-30(44)38(5)18-17-33-4/h11-14,20,24-26,33H,6-10,15-19,31-32H2,1-5H3,(H,34,39)(H,35,40)(H,36,42)(H,37,41). The van der Waals surface area contributed by atoms with E-state index in [9.17, 15) is 19.2 Å². The first-order valence-corrected chi connectivity index (χ1v) is 15.5. The summed E-state index contributed by atoms with van der Waals surface area (Å²) in [6.07, 6.45) is 2.55. The van der Waals surface area contributed by atoms with E-state index in [1.165, 1.54) is 6.92 Å². The van der Waals surface area contributed by atoms with Crippen molar-refractivity contribution < 1.29 is 23.9 Å². The smallest absolute Gasteiger partial charge is 0.259 e. The average molecular weight is 637 g/mol. The van der Waals surface area contributed by atoms with Crippen LogP contribution in [0.3, 0.4) is 0 Å². The minimum atomic E-state index is -0.927. The molecule has 0 heterocycles. The summed E-state index contributed by atoms with van der Waals surface area (Å²) in [5.74, 6) is -2.01. The van der Waals surface area contributed by atoms with Gasteiger partial charge in [-0.1, -0.05) is 26.0 Å². The molecular weight excluding hydrogens is 584 g/mol. The Morgan fingerprint density at radius 1 is 0.886 bits per heavy atom. The van der Waals surface area contributed by atoms with Gasteiger partial charge in [0.05, 0.1) is 0 Å². The van der Waals surface area contributed by atoms with Crippen LogP contribution >= 0.6 is 12.2 Å². The molecule has 0 aliphatic heterocycles. The summed E-state index contributed by atoms with van der Waals surface area (Å²) in [5, 5.41) is 14.5. The lowest BCUT2D eigenvalue weighted by Gasteiger charge is -2.27. The van der Waals surface area contributed by atoms with E-state index in [1.807, 2.05) is 31.1 Å². The summed E-state index contributed by atoms with van der Waals surface area (Å²) in [6, 6.07) is 4.53. The Hall–Kier alpha value is -3.33. The highest BCUT2D eigenvalue weighted by molar-refractivity contribution is 7.80. The average Bonchev–Trinajstić information content (AvgIpc) is 2.98. The van der Waals surface area contributed by atoms with E-state index in [1.54, 1.807) is 26.0 Å². The van der Waals surface area contributed by atoms with Crippen LogP contribution in [0, 0.1) is 5.92 Å². The number of amides is 4. The van der Waals surface area contributed by atoms with Crippen LogP contribution < -0.4 is 38.1 Å². The van der Waals surface area contributed by atoms with Gasteiger partial charge in [0.2, 0.25) is 23.6 Å². The van der Waals surface area contributed by atoms with Gasteiger partial charge in [-0.25, -0.2) is 0 Å². The third-order valence-corrected chi connectivity index (χ3v) is 7.24. The van der Waals surface area contributed by atoms with Gasteiger partial charge in [-0.2, -0.15) is 0 Å². The van der Waals surface area contributed by atoms with Gasteiger partial charge < -0.3 is 47.7 Å². The van der Waals surface area contributed by atoms with E-state index in [0.717, 1.165) is 18.7 Å². The zero-order chi connectivity index (χ0) is 33.1. The number of unbranched alkanes of at least 4 members (excludes halogenated alkanes) is 1. The summed E-state index contributed by atoms with van der Waals surface area (Å²) < 4.78 is 5.69. The van der Waals surface area contributed by atoms with Crippen molar-refractivity contribution in [3.63, 3.8) is 0 Å². The number of nitrogens with zero attached hydrogens (tertiary/aromatic N) is 1. The lowest BCUT2D eigenvalue weighted by atomic mass is 10.0. The highest BCUT2D eigenvalue weighted by Crippen LogP contribution is 2.13. The van der Waals surface area contributed by atoms with Crippen LogP contribution in [0.5, 0.6) is 0 Å². The summed E-state index contributed by atoms with van der Waals surface area (Å²) in [6.45, 7) is 7.51. The topological polar surface area (TPSA) is 193 Å². The number of thiocarbonyl (C=S) groups is 1. The van der Waals surface area contributed by atoms with E-state index in [-0.39, 0.29) is 18.4 Å². The van der Waals surface area contributed by atoms with Crippen LogP contribution in [0.15, 0.2) is 24.3 Å². The third kappa shape index (κ3) is 14.9. The van der Waals surface area contributed by atoms with Gasteiger partial charge in [0.25, 0.3) is 5.17 Å². The summed E-state index contributed by atoms with van der Waals surface area (Å²) >= 11 is 5.31. The molecule has 0 aromatic heterocycles. The van der Waals surface area contributed by atoms with Gasteiger partial charge in [-0.05, 0) is 88.1 Å². The highest BCUT2D eigenvalue weighted by atomic mass is 32.1. The molecule has 0 aliphatic rings. The van der Waals surface area contributed by atoms with Crippen molar-refractivity contribution in [3.8, 4) is 0 Å². The molecule has 14 heteroatoms. The molecule has 0 radical (unpaired) electrons. The van der Waals surface area contributed by atoms with Gasteiger partial charge >= 0.3 is 0 Å². The van der Waals surface area contributed by atoms with Crippen molar-refractivity contribution in [2.75, 3.05) is 45.6 Å². The fraction of sp³-hybridized carbons (Fsp3) is 0.633. The Kier molecular flexibility index (Phi) is 18.8. The van der Waals surface area contributed by atoms with Crippen molar-refractivity contribution in [1.29, 1.82) is 0 Å². The molecular formula is C30H52N8O5S. The second-order valence-corrected chi connectivity index (χ2v) is 11.4. The van der Waals surface area contributed by atoms with Crippen LogP contribution in [0.2, 0.25) is 0 Å². The summed E-state index contributed by atoms with van der Waals surface area (Å²) in [7, 11) is 3.73. The molecule has 44 heavy (non-hydrogen) atoms. The number of nitrogens with two attached hydrogens (primary N) is 2. The monoisotopic (exact) mass is 636 g/mol. The largest absolute Gasteiger partial charge is 0.466 e. The minimum Gasteiger partial charge on any atom is -0.466 e. The number of hydrogen-bond donors (Lipinski definition) is 7. The van der Waals surface area contributed by atoms with Gasteiger partial charge in [-0.15, -0.1) is 0 Å². The molecule has 4 amide bonds. The number of anilines is 1. The second kappa shape index (κ2) is 21.4. The van der Waals surface area contributed by atoms with Crippen LogP contribution in [0.1, 0.15) is 58.4 Å². The number of ether oxygens (including phenoxy) is 1. The Bertz CT molecular complexity index is 1060. The zero-order valence-electron chi connectivity index (χ0n) is 26.7. The molecule has 9 N–H and O–H groups in total. The number of carbonyl (C=O) groups excluding carboxylic acids is 4. The maximum atomic E-state index is 13.4. The number of hydrogen-bond acceptors (Lipinski definition) is 9. The van der Waals surface area contributed by atoms with Crippen LogP contribution in [0.25, 0.3) is 0 Å². The fourth-order valence-electron chi connectivity index (χ4n) is 4.19. The summed E-state index contributed by atoms with van der Waals surface area (Å²) in [5.41, 5.74) is 12.7. The van der Waals surface area contributed by atoms with Gasteiger partial charge in [0.15, 0.2) is 0 Å². The Labute approximate surface area is 266 Å². The van der Waals surface area contributed by atoms with Gasteiger partial charge in [0, 0.05) is 32.7 Å². The first kappa shape index (κ1) is 38.7. The first-order valence-electron chi connectivity index (χ1n) is 15.1. The lowest BCUT2D eigenvalue weighted by molar-refractivity contribution is -0.133. The van der Waals surface area contributed by atoms with E-state index in [0.29, 0.717) is 56.1 Å². The van der Waals surface area contributed by atoms with Gasteiger partial charge in [0.1, 0.15) is 24.7 Å². The third-order valence-electron chi connectivity index (χ3n) is 6.81. The Balaban J connectivity index is 2.88. The minimum absolute atomic E-state index is 0.282. The first-order chi connectivity index (χ1) is 20.9. The molecule has 13 nitrogen and oxygen atoms in total. The molecule has 248 valence electrons. The van der Waals surface area contributed by atoms with Crippen LogP contribution in [0.4, 0.5) is 5.69 Å². The van der Waals surface area contributed by atoms with Crippen molar-refractivity contribution >= 4 is 46.7 Å². The van der Waals surface area contributed by atoms with E-state index < -0.39 is 35.8 Å². The Morgan fingerprint density at radius 2 is 1.50 bits per heavy atom. The van der Waals surface area contributed by atoms with Crippen molar-refractivity contribution in [2.24, 2.45) is 17.4 Å². The molecule has 3 unspecified atom stereocenters. The molecule has 1 aromatic rings. The molecule has 0 fully saturated rings. The second-order valence-electron chi connectivity index (χ2n) is 11.0. The lowest BCUT2D eigenvalue weighted by Crippen LogP contribution is -2.57. The van der Waals surface area contributed by atoms with E-state index >= 15 is 0 Å². The SMILES string of the molecule is CNCCN(C)C(=S)OCc1ccc(NC(=O)C(CCCN)NC(=O)C(NC(=O)C(CCCCN)NC(C)=O)C(C)C)cc1. The number of benzene rings is 1. The van der Waals surface area contributed by atoms with Crippen LogP contribution in [-0.2, 0) is 30.5 Å². The zero-order valence-corrected chi connectivity index (χ0v) is 27.6. The van der Waals surface area contributed by atoms with Gasteiger partial charge in [-0.3, -0.25) is 19.2 Å². The molecule has 1 rings (SSSR count). The summed E-state index contributed by atoms with van der Waals surface area (Å²) in [4.78, 5) is 53.2. The predicted molar refractivity (Wildman–Crippen MR) is 177 cm³/mol. The normalized spacial score (nSPS) is 12.9. The highest BCUT2D eigenvalue weighted by Gasteiger charge is 2.31. The van der Waals surface area contributed by atoms with Crippen molar-refractivity contribution in [3.05, 3.63) is 29.8 Å². The Morgan fingerprint density at radius 3 is 2.07 bits per heavy atom. The predicted octanol–water partition coefficient (Wildman–Crippen LogP) is 0.576. The molecule has 0 bridgehead atoms. The van der Waals surface area contributed by atoms with Crippen molar-refractivity contribution in [2.45, 2.75) is 77.6 Å². The number of carbonyl (C=O) groups is 4. The number of nitrogens with one attached hydrogen (secondary N) is 5. The fourth-order valence-corrected chi connectivity index (χ4v) is 4.34. The molecule has 0 aliphatic carbocycles. The van der Waals surface area contributed by atoms with E-state index in [4.69, 9.17) is 28.4 Å². The maximum Gasteiger partial charge on any atom is 0.259 e. The molecule has 0 saturated heterocycles. The molecule has 0 spiro atoms. The maximum absolute atomic E-state index is 13.4.